The maximum Gasteiger partial charge on any atom is 0.222 e. The van der Waals surface area contributed by atoms with E-state index < -0.39 is 5.82 Å². The molecule has 10 heteroatoms. The van der Waals surface area contributed by atoms with Gasteiger partial charge in [0.1, 0.15) is 23.1 Å². The number of rotatable bonds is 6. The van der Waals surface area contributed by atoms with Gasteiger partial charge in [0.15, 0.2) is 0 Å². The van der Waals surface area contributed by atoms with Gasteiger partial charge in [-0.3, -0.25) is 9.78 Å². The Bertz CT molecular complexity index is 1600. The summed E-state index contributed by atoms with van der Waals surface area (Å²) in [5, 5.41) is 6.33. The topological polar surface area (TPSA) is 94.0 Å². The first kappa shape index (κ1) is 23.3. The lowest BCUT2D eigenvalue weighted by Crippen LogP contribution is -2.07. The predicted octanol–water partition coefficient (Wildman–Crippen LogP) is 6.32. The number of imidazole rings is 1. The standard InChI is InChI=1S/C26H20ClFN6O2/c1-15(35)31-25-13-18(7-10-30-25)36-17-4-6-24-23(12-17)33-26(34(24)2)32-16-3-5-21(27)20(11-16)19-8-9-29-14-22(19)28/h3-14H,1-2H3,(H,32,33)(H,30,31,35). The van der Waals surface area contributed by atoms with Crippen LogP contribution in [0.25, 0.3) is 22.2 Å². The zero-order valence-corrected chi connectivity index (χ0v) is 20.0. The minimum atomic E-state index is -0.454. The number of hydrogen-bond donors (Lipinski definition) is 2. The lowest BCUT2D eigenvalue weighted by Gasteiger charge is -2.10. The van der Waals surface area contributed by atoms with Gasteiger partial charge in [0.05, 0.1) is 17.2 Å². The van der Waals surface area contributed by atoms with E-state index in [1.54, 1.807) is 42.6 Å². The number of nitrogens with one attached hydrogen (secondary N) is 2. The van der Waals surface area contributed by atoms with Gasteiger partial charge in [-0.15, -0.1) is 0 Å². The highest BCUT2D eigenvalue weighted by molar-refractivity contribution is 6.33. The summed E-state index contributed by atoms with van der Waals surface area (Å²) < 4.78 is 22.2. The summed E-state index contributed by atoms with van der Waals surface area (Å²) in [6, 6.07) is 15.7. The first-order chi connectivity index (χ1) is 17.4. The Labute approximate surface area is 210 Å². The Balaban J connectivity index is 1.41. The van der Waals surface area contributed by atoms with Crippen molar-refractivity contribution in [2.24, 2.45) is 7.05 Å². The highest BCUT2D eigenvalue weighted by atomic mass is 35.5. The molecule has 5 rings (SSSR count). The van der Waals surface area contributed by atoms with Gasteiger partial charge in [-0.2, -0.15) is 0 Å². The number of amides is 1. The van der Waals surface area contributed by atoms with Crippen LogP contribution < -0.4 is 15.4 Å². The molecule has 36 heavy (non-hydrogen) atoms. The van der Waals surface area contributed by atoms with Crippen molar-refractivity contribution in [2.75, 3.05) is 10.6 Å². The Morgan fingerprint density at radius 1 is 1.03 bits per heavy atom. The van der Waals surface area contributed by atoms with Crippen LogP contribution in [0.2, 0.25) is 5.02 Å². The van der Waals surface area contributed by atoms with Crippen molar-refractivity contribution in [3.63, 3.8) is 0 Å². The first-order valence-electron chi connectivity index (χ1n) is 10.9. The van der Waals surface area contributed by atoms with E-state index in [0.29, 0.717) is 50.6 Å². The molecule has 2 N–H and O–H groups in total. The van der Waals surface area contributed by atoms with Crippen LogP contribution in [-0.2, 0) is 11.8 Å². The van der Waals surface area contributed by atoms with Crippen LogP contribution >= 0.6 is 11.6 Å². The van der Waals surface area contributed by atoms with Crippen LogP contribution in [0.5, 0.6) is 11.5 Å². The lowest BCUT2D eigenvalue weighted by molar-refractivity contribution is -0.114. The normalized spacial score (nSPS) is 10.9. The van der Waals surface area contributed by atoms with Gasteiger partial charge in [-0.25, -0.2) is 14.4 Å². The second-order valence-electron chi connectivity index (χ2n) is 7.98. The van der Waals surface area contributed by atoms with Gasteiger partial charge in [0.25, 0.3) is 0 Å². The van der Waals surface area contributed by atoms with Crippen molar-refractivity contribution in [3.8, 4) is 22.6 Å². The summed E-state index contributed by atoms with van der Waals surface area (Å²) in [4.78, 5) is 23.9. The van der Waals surface area contributed by atoms with E-state index in [2.05, 4.69) is 20.6 Å². The van der Waals surface area contributed by atoms with E-state index in [-0.39, 0.29) is 5.91 Å². The third-order valence-corrected chi connectivity index (χ3v) is 5.74. The van der Waals surface area contributed by atoms with E-state index in [9.17, 15) is 9.18 Å². The molecule has 0 atom stereocenters. The van der Waals surface area contributed by atoms with Gasteiger partial charge in [0.2, 0.25) is 11.9 Å². The molecule has 3 aromatic heterocycles. The van der Waals surface area contributed by atoms with Crippen LogP contribution in [-0.4, -0.2) is 25.4 Å². The molecule has 0 aliphatic heterocycles. The number of aromatic nitrogens is 4. The number of halogens is 2. The van der Waals surface area contributed by atoms with E-state index in [1.807, 2.05) is 29.8 Å². The summed E-state index contributed by atoms with van der Waals surface area (Å²) in [5.41, 5.74) is 3.20. The zero-order valence-electron chi connectivity index (χ0n) is 19.3. The predicted molar refractivity (Wildman–Crippen MR) is 137 cm³/mol. The van der Waals surface area contributed by atoms with E-state index >= 15 is 0 Å². The molecule has 0 aliphatic rings. The molecular weight excluding hydrogens is 483 g/mol. The molecule has 0 bridgehead atoms. The number of pyridine rings is 2. The average molecular weight is 503 g/mol. The number of hydrogen-bond acceptors (Lipinski definition) is 6. The molecule has 3 heterocycles. The number of nitrogens with zero attached hydrogens (tertiary/aromatic N) is 4. The molecule has 0 saturated heterocycles. The monoisotopic (exact) mass is 502 g/mol. The molecule has 8 nitrogen and oxygen atoms in total. The molecule has 0 fully saturated rings. The second-order valence-corrected chi connectivity index (χ2v) is 8.39. The van der Waals surface area contributed by atoms with E-state index in [4.69, 9.17) is 21.3 Å². The van der Waals surface area contributed by atoms with Crippen LogP contribution in [0.15, 0.2) is 73.2 Å². The number of carbonyl (C=O) groups excluding carboxylic acids is 1. The summed E-state index contributed by atoms with van der Waals surface area (Å²) in [5.74, 6) is 1.42. The minimum Gasteiger partial charge on any atom is -0.457 e. The van der Waals surface area contributed by atoms with Crippen LogP contribution in [0.3, 0.4) is 0 Å². The fraction of sp³-hybridized carbons (Fsp3) is 0.0769. The third-order valence-electron chi connectivity index (χ3n) is 5.41. The fourth-order valence-corrected chi connectivity index (χ4v) is 3.97. The number of fused-ring (bicyclic) bond motifs is 1. The second kappa shape index (κ2) is 9.63. The first-order valence-corrected chi connectivity index (χ1v) is 11.3. The number of ether oxygens (including phenoxy) is 1. The van der Waals surface area contributed by atoms with Gasteiger partial charge >= 0.3 is 0 Å². The molecule has 2 aromatic carbocycles. The molecule has 0 radical (unpaired) electrons. The Hall–Kier alpha value is -4.50. The van der Waals surface area contributed by atoms with Crippen molar-refractivity contribution < 1.29 is 13.9 Å². The van der Waals surface area contributed by atoms with Crippen molar-refractivity contribution in [2.45, 2.75) is 6.92 Å². The highest BCUT2D eigenvalue weighted by Crippen LogP contribution is 2.34. The molecule has 5 aromatic rings. The van der Waals surface area contributed by atoms with E-state index in [0.717, 1.165) is 11.7 Å². The van der Waals surface area contributed by atoms with Crippen molar-refractivity contribution in [3.05, 3.63) is 84.0 Å². The number of benzene rings is 2. The lowest BCUT2D eigenvalue weighted by atomic mass is 10.1. The zero-order chi connectivity index (χ0) is 25.2. The maximum absolute atomic E-state index is 14.3. The van der Waals surface area contributed by atoms with Gasteiger partial charge in [0, 0.05) is 60.3 Å². The maximum atomic E-state index is 14.3. The third kappa shape index (κ3) is 4.82. The van der Waals surface area contributed by atoms with Crippen molar-refractivity contribution >= 4 is 46.0 Å². The number of aryl methyl sites for hydroxylation is 1. The van der Waals surface area contributed by atoms with Crippen molar-refractivity contribution in [1.82, 2.24) is 19.5 Å². The van der Waals surface area contributed by atoms with Gasteiger partial charge in [-0.05, 0) is 42.5 Å². The van der Waals surface area contributed by atoms with Gasteiger partial charge < -0.3 is 19.9 Å². The minimum absolute atomic E-state index is 0.215. The number of carbonyl (C=O) groups is 1. The fourth-order valence-electron chi connectivity index (χ4n) is 3.75. The molecule has 0 spiro atoms. The molecule has 180 valence electrons. The molecule has 0 unspecified atom stereocenters. The highest BCUT2D eigenvalue weighted by Gasteiger charge is 2.13. The largest absolute Gasteiger partial charge is 0.457 e. The summed E-state index contributed by atoms with van der Waals surface area (Å²) >= 11 is 6.35. The summed E-state index contributed by atoms with van der Waals surface area (Å²) in [7, 11) is 1.89. The van der Waals surface area contributed by atoms with Crippen LogP contribution in [0.1, 0.15) is 6.92 Å². The van der Waals surface area contributed by atoms with Crippen molar-refractivity contribution in [1.29, 1.82) is 0 Å². The van der Waals surface area contributed by atoms with Crippen LogP contribution in [0.4, 0.5) is 21.8 Å². The Morgan fingerprint density at radius 3 is 2.67 bits per heavy atom. The van der Waals surface area contributed by atoms with E-state index in [1.165, 1.54) is 13.1 Å². The SMILES string of the molecule is CC(=O)Nc1cc(Oc2ccc3c(c2)nc(Nc2ccc(Cl)c(-c4ccncc4F)c2)n3C)ccn1. The smallest absolute Gasteiger partial charge is 0.222 e. The van der Waals surface area contributed by atoms with Crippen LogP contribution in [0, 0.1) is 5.82 Å². The summed E-state index contributed by atoms with van der Waals surface area (Å²) in [6.45, 7) is 1.41. The molecule has 0 saturated carbocycles. The quantitative estimate of drug-likeness (QED) is 0.282. The Kier molecular flexibility index (Phi) is 6.22. The Morgan fingerprint density at radius 2 is 1.86 bits per heavy atom. The number of anilines is 3. The molecular formula is C26H20ClFN6O2. The van der Waals surface area contributed by atoms with Gasteiger partial charge in [-0.1, -0.05) is 11.6 Å². The molecule has 1 amide bonds. The molecule has 0 aliphatic carbocycles. The summed E-state index contributed by atoms with van der Waals surface area (Å²) in [6.07, 6.45) is 4.23. The average Bonchev–Trinajstić information content (AvgIpc) is 3.15.